The molecule has 7 nitrogen and oxygen atoms in total. The molecule has 2 amide bonds. The molecule has 1 aromatic carbocycles. The summed E-state index contributed by atoms with van der Waals surface area (Å²) in [5.74, 6) is -0.474. The van der Waals surface area contributed by atoms with E-state index < -0.39 is 11.0 Å². The standard InChI is InChI=1S/C14H19N3O4S/c1-9(2)7-12(16-13(18)8-22)14(19)15-10-3-5-11(6-4-10)17(20)21/h3-6,9,12,22H,7-8H2,1-2H3,(H,15,19)(H,16,18)/t12-/m0/s1. The zero-order valence-corrected chi connectivity index (χ0v) is 13.3. The SMILES string of the molecule is CC(C)C[C@H](NC(=O)CS)C(=O)Nc1ccc([N+](=O)[O-])cc1. The summed E-state index contributed by atoms with van der Waals surface area (Å²) in [5, 5.41) is 15.8. The van der Waals surface area contributed by atoms with E-state index >= 15 is 0 Å². The lowest BCUT2D eigenvalue weighted by Gasteiger charge is -2.19. The Bertz CT molecular complexity index is 546. The summed E-state index contributed by atoms with van der Waals surface area (Å²) >= 11 is 3.87. The van der Waals surface area contributed by atoms with Crippen molar-refractivity contribution in [3.63, 3.8) is 0 Å². The van der Waals surface area contributed by atoms with Crippen molar-refractivity contribution in [2.24, 2.45) is 5.92 Å². The minimum atomic E-state index is -0.671. The Morgan fingerprint density at radius 2 is 1.86 bits per heavy atom. The minimum absolute atomic E-state index is 0.000588. The maximum Gasteiger partial charge on any atom is 0.269 e. The molecule has 0 spiro atoms. The number of hydrogen-bond acceptors (Lipinski definition) is 5. The van der Waals surface area contributed by atoms with Crippen LogP contribution in [0.25, 0.3) is 0 Å². The molecule has 0 unspecified atom stereocenters. The number of benzene rings is 1. The largest absolute Gasteiger partial charge is 0.344 e. The molecule has 0 saturated heterocycles. The zero-order valence-electron chi connectivity index (χ0n) is 12.4. The molecule has 0 bridgehead atoms. The van der Waals surface area contributed by atoms with E-state index in [0.717, 1.165) is 0 Å². The van der Waals surface area contributed by atoms with E-state index in [9.17, 15) is 19.7 Å². The van der Waals surface area contributed by atoms with Gasteiger partial charge in [0.1, 0.15) is 6.04 Å². The molecule has 22 heavy (non-hydrogen) atoms. The Kier molecular flexibility index (Phi) is 6.84. The fourth-order valence-corrected chi connectivity index (χ4v) is 1.93. The van der Waals surface area contributed by atoms with Gasteiger partial charge in [0.15, 0.2) is 0 Å². The van der Waals surface area contributed by atoms with Crippen molar-refractivity contribution in [1.82, 2.24) is 5.32 Å². The van der Waals surface area contributed by atoms with Gasteiger partial charge in [0, 0.05) is 17.8 Å². The highest BCUT2D eigenvalue weighted by molar-refractivity contribution is 7.81. The first-order valence-corrected chi connectivity index (χ1v) is 7.42. The Morgan fingerprint density at radius 1 is 1.27 bits per heavy atom. The molecular weight excluding hydrogens is 306 g/mol. The number of non-ortho nitro benzene ring substituents is 1. The number of thiol groups is 1. The molecule has 2 N–H and O–H groups in total. The monoisotopic (exact) mass is 325 g/mol. The third kappa shape index (κ3) is 5.72. The second-order valence-corrected chi connectivity index (χ2v) is 5.52. The fourth-order valence-electron chi connectivity index (χ4n) is 1.84. The number of carbonyl (C=O) groups is 2. The summed E-state index contributed by atoms with van der Waals surface area (Å²) in [6.45, 7) is 3.89. The summed E-state index contributed by atoms with van der Waals surface area (Å²) in [4.78, 5) is 33.7. The van der Waals surface area contributed by atoms with Gasteiger partial charge < -0.3 is 10.6 Å². The van der Waals surface area contributed by atoms with Crippen LogP contribution in [0.15, 0.2) is 24.3 Å². The molecule has 0 radical (unpaired) electrons. The van der Waals surface area contributed by atoms with E-state index in [1.165, 1.54) is 24.3 Å². The highest BCUT2D eigenvalue weighted by Gasteiger charge is 2.21. The average Bonchev–Trinajstić information content (AvgIpc) is 2.46. The van der Waals surface area contributed by atoms with Crippen LogP contribution in [-0.4, -0.2) is 28.5 Å². The third-order valence-corrected chi connectivity index (χ3v) is 3.14. The molecule has 0 aliphatic carbocycles. The van der Waals surface area contributed by atoms with E-state index in [1.54, 1.807) is 0 Å². The zero-order chi connectivity index (χ0) is 16.7. The van der Waals surface area contributed by atoms with Gasteiger partial charge in [0.25, 0.3) is 5.69 Å². The molecule has 0 fully saturated rings. The van der Waals surface area contributed by atoms with Crippen LogP contribution in [0.4, 0.5) is 11.4 Å². The normalized spacial score (nSPS) is 11.8. The Labute approximate surface area is 134 Å². The van der Waals surface area contributed by atoms with Crippen molar-refractivity contribution in [3.8, 4) is 0 Å². The summed E-state index contributed by atoms with van der Waals surface area (Å²) in [6, 6.07) is 4.83. The Hall–Kier alpha value is -2.09. The van der Waals surface area contributed by atoms with Crippen LogP contribution >= 0.6 is 12.6 Å². The maximum atomic E-state index is 12.2. The van der Waals surface area contributed by atoms with Crippen molar-refractivity contribution in [3.05, 3.63) is 34.4 Å². The van der Waals surface area contributed by atoms with E-state index in [0.29, 0.717) is 12.1 Å². The number of nitrogens with zero attached hydrogens (tertiary/aromatic N) is 1. The first kappa shape index (κ1) is 18.0. The number of carbonyl (C=O) groups excluding carboxylic acids is 2. The lowest BCUT2D eigenvalue weighted by molar-refractivity contribution is -0.384. The van der Waals surface area contributed by atoms with Crippen molar-refractivity contribution in [2.45, 2.75) is 26.3 Å². The smallest absolute Gasteiger partial charge is 0.269 e. The lowest BCUT2D eigenvalue weighted by Crippen LogP contribution is -2.45. The number of nitrogens with one attached hydrogen (secondary N) is 2. The van der Waals surface area contributed by atoms with Crippen molar-refractivity contribution >= 4 is 35.8 Å². The predicted octanol–water partition coefficient (Wildman–Crippen LogP) is 1.99. The van der Waals surface area contributed by atoms with Gasteiger partial charge in [0.2, 0.25) is 11.8 Å². The molecule has 0 aliphatic rings. The highest BCUT2D eigenvalue weighted by atomic mass is 32.1. The number of nitro groups is 1. The Morgan fingerprint density at radius 3 is 2.32 bits per heavy atom. The van der Waals surface area contributed by atoms with E-state index in [4.69, 9.17) is 0 Å². The van der Waals surface area contributed by atoms with Gasteiger partial charge in [-0.2, -0.15) is 12.6 Å². The van der Waals surface area contributed by atoms with Crippen LogP contribution in [0, 0.1) is 16.0 Å². The van der Waals surface area contributed by atoms with Gasteiger partial charge in [0.05, 0.1) is 10.7 Å². The number of anilines is 1. The first-order chi connectivity index (χ1) is 10.3. The summed E-state index contributed by atoms with van der Waals surface area (Å²) in [5.41, 5.74) is 0.379. The third-order valence-electron chi connectivity index (χ3n) is 2.85. The van der Waals surface area contributed by atoms with Gasteiger partial charge in [-0.25, -0.2) is 0 Å². The average molecular weight is 325 g/mol. The van der Waals surface area contributed by atoms with Gasteiger partial charge in [-0.3, -0.25) is 19.7 Å². The van der Waals surface area contributed by atoms with Crippen molar-refractivity contribution < 1.29 is 14.5 Å². The number of amides is 2. The first-order valence-electron chi connectivity index (χ1n) is 6.79. The summed E-state index contributed by atoms with van der Waals surface area (Å²) in [7, 11) is 0. The molecule has 0 saturated carbocycles. The molecule has 0 heterocycles. The molecule has 120 valence electrons. The molecule has 8 heteroatoms. The van der Waals surface area contributed by atoms with Crippen LogP contribution in [0.5, 0.6) is 0 Å². The van der Waals surface area contributed by atoms with Gasteiger partial charge in [-0.05, 0) is 24.5 Å². The second kappa shape index (κ2) is 8.38. The number of hydrogen-bond donors (Lipinski definition) is 3. The topological polar surface area (TPSA) is 101 Å². The molecular formula is C14H19N3O4S. The van der Waals surface area contributed by atoms with Crippen molar-refractivity contribution in [2.75, 3.05) is 11.1 Å². The quantitative estimate of drug-likeness (QED) is 0.405. The van der Waals surface area contributed by atoms with E-state index in [1.807, 2.05) is 13.8 Å². The fraction of sp³-hybridized carbons (Fsp3) is 0.429. The van der Waals surface area contributed by atoms with Crippen LogP contribution in [0.1, 0.15) is 20.3 Å². The molecule has 1 aromatic rings. The lowest BCUT2D eigenvalue weighted by atomic mass is 10.0. The van der Waals surface area contributed by atoms with Crippen molar-refractivity contribution in [1.29, 1.82) is 0 Å². The maximum absolute atomic E-state index is 12.2. The minimum Gasteiger partial charge on any atom is -0.344 e. The van der Waals surface area contributed by atoms with Gasteiger partial charge >= 0.3 is 0 Å². The summed E-state index contributed by atoms with van der Waals surface area (Å²) < 4.78 is 0. The summed E-state index contributed by atoms with van der Waals surface area (Å²) in [6.07, 6.45) is 0.484. The van der Waals surface area contributed by atoms with Crippen LogP contribution < -0.4 is 10.6 Å². The molecule has 0 aliphatic heterocycles. The number of rotatable bonds is 7. The van der Waals surface area contributed by atoms with Gasteiger partial charge in [-0.15, -0.1) is 0 Å². The predicted molar refractivity (Wildman–Crippen MR) is 87.0 cm³/mol. The molecule has 1 atom stereocenters. The van der Waals surface area contributed by atoms with Crippen LogP contribution in [-0.2, 0) is 9.59 Å². The van der Waals surface area contributed by atoms with Gasteiger partial charge in [-0.1, -0.05) is 13.8 Å². The highest BCUT2D eigenvalue weighted by Crippen LogP contribution is 2.16. The van der Waals surface area contributed by atoms with E-state index in [2.05, 4.69) is 23.3 Å². The van der Waals surface area contributed by atoms with Crippen LogP contribution in [0.3, 0.4) is 0 Å². The molecule has 0 aromatic heterocycles. The van der Waals surface area contributed by atoms with Crippen LogP contribution in [0.2, 0.25) is 0 Å². The number of nitro benzene ring substituents is 1. The Balaban J connectivity index is 2.76. The second-order valence-electron chi connectivity index (χ2n) is 5.20. The molecule has 1 rings (SSSR count). The van der Waals surface area contributed by atoms with E-state index in [-0.39, 0.29) is 29.2 Å².